The van der Waals surface area contributed by atoms with Crippen LogP contribution >= 0.6 is 0 Å². The number of aromatic nitrogens is 2. The lowest BCUT2D eigenvalue weighted by molar-refractivity contribution is -0.148. The Labute approximate surface area is 94.4 Å². The van der Waals surface area contributed by atoms with Gasteiger partial charge in [0.25, 0.3) is 0 Å². The lowest BCUT2D eigenvalue weighted by Gasteiger charge is -2.09. The molecule has 1 aromatic rings. The SMILES string of the molecule is CC(C)OC(=O)Cn1ccnc1CCC=O. The first-order valence-corrected chi connectivity index (χ1v) is 5.26. The van der Waals surface area contributed by atoms with Gasteiger partial charge in [-0.25, -0.2) is 4.98 Å². The standard InChI is InChI=1S/C11H16N2O3/c1-9(2)16-11(15)8-13-6-5-12-10(13)4-3-7-14/h5-7,9H,3-4,8H2,1-2H3. The smallest absolute Gasteiger partial charge is 0.326 e. The third-order valence-corrected chi connectivity index (χ3v) is 1.95. The summed E-state index contributed by atoms with van der Waals surface area (Å²) in [6, 6.07) is 0. The van der Waals surface area contributed by atoms with Gasteiger partial charge in [-0.05, 0) is 13.8 Å². The molecule has 0 fully saturated rings. The number of carbonyl (C=O) groups excluding carboxylic acids is 2. The predicted octanol–water partition coefficient (Wildman–Crippen LogP) is 0.966. The second-order valence-corrected chi connectivity index (χ2v) is 3.72. The summed E-state index contributed by atoms with van der Waals surface area (Å²) >= 11 is 0. The van der Waals surface area contributed by atoms with E-state index in [2.05, 4.69) is 4.98 Å². The fourth-order valence-corrected chi connectivity index (χ4v) is 1.34. The van der Waals surface area contributed by atoms with E-state index < -0.39 is 0 Å². The van der Waals surface area contributed by atoms with Crippen molar-refractivity contribution >= 4 is 12.3 Å². The van der Waals surface area contributed by atoms with Gasteiger partial charge in [0.05, 0.1) is 6.10 Å². The third kappa shape index (κ3) is 3.84. The fourth-order valence-electron chi connectivity index (χ4n) is 1.34. The minimum absolute atomic E-state index is 0.116. The number of nitrogens with zero attached hydrogens (tertiary/aromatic N) is 2. The third-order valence-electron chi connectivity index (χ3n) is 1.95. The topological polar surface area (TPSA) is 61.2 Å². The van der Waals surface area contributed by atoms with Gasteiger partial charge in [-0.1, -0.05) is 0 Å². The lowest BCUT2D eigenvalue weighted by atomic mass is 10.3. The Morgan fingerprint density at radius 2 is 2.38 bits per heavy atom. The molecule has 0 atom stereocenters. The van der Waals surface area contributed by atoms with Crippen LogP contribution in [0.5, 0.6) is 0 Å². The Morgan fingerprint density at radius 1 is 1.62 bits per heavy atom. The van der Waals surface area contributed by atoms with Crippen LogP contribution in [-0.4, -0.2) is 27.9 Å². The quantitative estimate of drug-likeness (QED) is 0.533. The number of aryl methyl sites for hydroxylation is 1. The van der Waals surface area contributed by atoms with Crippen molar-refractivity contribution in [2.75, 3.05) is 0 Å². The number of rotatable bonds is 6. The van der Waals surface area contributed by atoms with Gasteiger partial charge in [0, 0.05) is 25.2 Å². The summed E-state index contributed by atoms with van der Waals surface area (Å²) in [5, 5.41) is 0. The monoisotopic (exact) mass is 224 g/mol. The highest BCUT2D eigenvalue weighted by Gasteiger charge is 2.09. The van der Waals surface area contributed by atoms with E-state index in [1.54, 1.807) is 30.8 Å². The van der Waals surface area contributed by atoms with Crippen LogP contribution in [-0.2, 0) is 27.3 Å². The molecule has 0 bridgehead atoms. The summed E-state index contributed by atoms with van der Waals surface area (Å²) in [7, 11) is 0. The minimum Gasteiger partial charge on any atom is -0.462 e. The molecule has 0 aliphatic rings. The van der Waals surface area contributed by atoms with Crippen molar-refractivity contribution in [3.8, 4) is 0 Å². The molecule has 0 spiro atoms. The first-order chi connectivity index (χ1) is 7.63. The maximum Gasteiger partial charge on any atom is 0.326 e. The van der Waals surface area contributed by atoms with Gasteiger partial charge in [0.2, 0.25) is 0 Å². The molecule has 1 heterocycles. The summed E-state index contributed by atoms with van der Waals surface area (Å²) in [6.07, 6.45) is 5.01. The molecule has 5 heteroatoms. The van der Waals surface area contributed by atoms with Crippen molar-refractivity contribution in [3.63, 3.8) is 0 Å². The molecule has 5 nitrogen and oxygen atoms in total. The predicted molar refractivity (Wildman–Crippen MR) is 57.8 cm³/mol. The molecule has 0 aliphatic heterocycles. The van der Waals surface area contributed by atoms with Crippen molar-refractivity contribution in [2.45, 2.75) is 39.3 Å². The molecule has 0 amide bonds. The molecule has 0 aliphatic carbocycles. The van der Waals surface area contributed by atoms with E-state index in [0.29, 0.717) is 12.8 Å². The lowest BCUT2D eigenvalue weighted by Crippen LogP contribution is -2.18. The van der Waals surface area contributed by atoms with Gasteiger partial charge in [-0.3, -0.25) is 4.79 Å². The maximum absolute atomic E-state index is 11.4. The summed E-state index contributed by atoms with van der Waals surface area (Å²) < 4.78 is 6.73. The van der Waals surface area contributed by atoms with E-state index in [9.17, 15) is 9.59 Å². The zero-order valence-electron chi connectivity index (χ0n) is 9.55. The van der Waals surface area contributed by atoms with Crippen LogP contribution in [0.1, 0.15) is 26.1 Å². The van der Waals surface area contributed by atoms with E-state index in [4.69, 9.17) is 4.74 Å². The van der Waals surface area contributed by atoms with Crippen LogP contribution in [0.4, 0.5) is 0 Å². The van der Waals surface area contributed by atoms with Gasteiger partial charge >= 0.3 is 5.97 Å². The van der Waals surface area contributed by atoms with Crippen LogP contribution in [0.15, 0.2) is 12.4 Å². The molecule has 16 heavy (non-hydrogen) atoms. The average molecular weight is 224 g/mol. The molecular formula is C11H16N2O3. The second-order valence-electron chi connectivity index (χ2n) is 3.72. The molecule has 0 aromatic carbocycles. The van der Waals surface area contributed by atoms with Gasteiger partial charge in [-0.2, -0.15) is 0 Å². The van der Waals surface area contributed by atoms with E-state index in [1.165, 1.54) is 0 Å². The highest BCUT2D eigenvalue weighted by Crippen LogP contribution is 2.02. The number of aldehydes is 1. The first kappa shape index (κ1) is 12.4. The van der Waals surface area contributed by atoms with Gasteiger partial charge in [0.1, 0.15) is 18.7 Å². The van der Waals surface area contributed by atoms with Gasteiger partial charge < -0.3 is 14.1 Å². The van der Waals surface area contributed by atoms with Crippen LogP contribution in [0, 0.1) is 0 Å². The van der Waals surface area contributed by atoms with Gasteiger partial charge in [-0.15, -0.1) is 0 Å². The highest BCUT2D eigenvalue weighted by molar-refractivity contribution is 5.69. The Kier molecular flexibility index (Phi) is 4.69. The Balaban J connectivity index is 2.55. The van der Waals surface area contributed by atoms with Crippen molar-refractivity contribution in [3.05, 3.63) is 18.2 Å². The number of imidazole rings is 1. The zero-order valence-corrected chi connectivity index (χ0v) is 9.55. The number of carbonyl (C=O) groups is 2. The molecule has 88 valence electrons. The van der Waals surface area contributed by atoms with E-state index >= 15 is 0 Å². The van der Waals surface area contributed by atoms with E-state index in [-0.39, 0.29) is 18.6 Å². The molecule has 0 unspecified atom stereocenters. The Hall–Kier alpha value is -1.65. The summed E-state index contributed by atoms with van der Waals surface area (Å²) in [6.45, 7) is 3.75. The second kappa shape index (κ2) is 6.05. The van der Waals surface area contributed by atoms with Crippen LogP contribution in [0.3, 0.4) is 0 Å². The summed E-state index contributed by atoms with van der Waals surface area (Å²) in [5.74, 6) is 0.438. The van der Waals surface area contributed by atoms with Crippen molar-refractivity contribution in [2.24, 2.45) is 0 Å². The fraction of sp³-hybridized carbons (Fsp3) is 0.545. The van der Waals surface area contributed by atoms with Crippen molar-refractivity contribution < 1.29 is 14.3 Å². The molecule has 1 aromatic heterocycles. The first-order valence-electron chi connectivity index (χ1n) is 5.26. The highest BCUT2D eigenvalue weighted by atomic mass is 16.5. The summed E-state index contributed by atoms with van der Waals surface area (Å²) in [5.41, 5.74) is 0. The number of hydrogen-bond acceptors (Lipinski definition) is 4. The molecular weight excluding hydrogens is 208 g/mol. The van der Waals surface area contributed by atoms with Crippen LogP contribution in [0.25, 0.3) is 0 Å². The molecule has 0 saturated carbocycles. The molecule has 1 rings (SSSR count). The number of hydrogen-bond donors (Lipinski definition) is 0. The Morgan fingerprint density at radius 3 is 3.00 bits per heavy atom. The van der Waals surface area contributed by atoms with E-state index in [0.717, 1.165) is 12.1 Å². The van der Waals surface area contributed by atoms with E-state index in [1.807, 2.05) is 0 Å². The molecule has 0 N–H and O–H groups in total. The van der Waals surface area contributed by atoms with Crippen LogP contribution in [0.2, 0.25) is 0 Å². The zero-order chi connectivity index (χ0) is 12.0. The van der Waals surface area contributed by atoms with Gasteiger partial charge in [0.15, 0.2) is 0 Å². The number of ether oxygens (including phenoxy) is 1. The average Bonchev–Trinajstić information content (AvgIpc) is 2.61. The van der Waals surface area contributed by atoms with Crippen molar-refractivity contribution in [1.82, 2.24) is 9.55 Å². The Bertz CT molecular complexity index is 358. The molecule has 0 saturated heterocycles. The minimum atomic E-state index is -0.291. The molecule has 0 radical (unpaired) electrons. The largest absolute Gasteiger partial charge is 0.462 e. The maximum atomic E-state index is 11.4. The van der Waals surface area contributed by atoms with Crippen LogP contribution < -0.4 is 0 Å². The van der Waals surface area contributed by atoms with Crippen molar-refractivity contribution in [1.29, 1.82) is 0 Å². The summed E-state index contributed by atoms with van der Waals surface area (Å²) in [4.78, 5) is 25.7. The normalized spacial score (nSPS) is 10.4. The number of esters is 1.